The Labute approximate surface area is 254 Å². The largest absolute Gasteiger partial charge is 0.663 e. The van der Waals surface area contributed by atoms with Crippen LogP contribution in [0.15, 0.2) is 44.8 Å². The number of furan rings is 1. The van der Waals surface area contributed by atoms with E-state index in [2.05, 4.69) is 43.2 Å². The molecule has 0 aliphatic carbocycles. The molecule has 7 rings (SSSR count). The molecule has 4 aliphatic heterocycles. The Morgan fingerprint density at radius 2 is 2.00 bits per heavy atom. The van der Waals surface area contributed by atoms with E-state index in [9.17, 15) is 19.5 Å². The van der Waals surface area contributed by atoms with Gasteiger partial charge in [0.1, 0.15) is 30.6 Å². The number of aromatic nitrogens is 4. The van der Waals surface area contributed by atoms with E-state index in [0.29, 0.717) is 17.8 Å². The van der Waals surface area contributed by atoms with E-state index >= 15 is 8.78 Å². The van der Waals surface area contributed by atoms with Crippen molar-refractivity contribution in [3.05, 3.63) is 57.6 Å². The molecule has 240 valence electrons. The minimum atomic E-state index is -5.03. The number of anilines is 2. The minimum absolute atomic E-state index is 0.00870. The number of ether oxygens (including phenoxy) is 1. The summed E-state index contributed by atoms with van der Waals surface area (Å²) in [6.07, 6.45) is -1.58. The van der Waals surface area contributed by atoms with Crippen molar-refractivity contribution in [2.45, 2.75) is 18.9 Å². The van der Waals surface area contributed by atoms with Crippen LogP contribution < -0.4 is 42.4 Å². The molecular formula is C20H22F2N10O10P2S+2. The zero-order valence-corrected chi connectivity index (χ0v) is 24.9. The van der Waals surface area contributed by atoms with Gasteiger partial charge in [-0.3, -0.25) is 24.1 Å². The van der Waals surface area contributed by atoms with Crippen molar-refractivity contribution < 1.29 is 50.7 Å². The predicted molar refractivity (Wildman–Crippen MR) is 152 cm³/mol. The average Bonchev–Trinajstić information content (AvgIpc) is 3.72. The Morgan fingerprint density at radius 3 is 2.80 bits per heavy atom. The first-order valence-electron chi connectivity index (χ1n) is 12.5. The number of nitrogens with one attached hydrogen (secondary N) is 4. The third-order valence-electron chi connectivity index (χ3n) is 6.66. The number of nitrogen functional groups attached to an aromatic ring is 1. The van der Waals surface area contributed by atoms with Crippen LogP contribution in [0.3, 0.4) is 0 Å². The number of imidazole rings is 1. The SMILES string of the molecule is NC1=C2NCN(c3oc4c(c3F)O[P+](O)(O)O/C=C3/OC(n5cnc6c(=O)[nH]c(N)nc65)=C(O[P+](O)(S)OC4)[C@@H]3F)C2NCN1. The molecule has 1 saturated heterocycles. The fourth-order valence-electron chi connectivity index (χ4n) is 4.72. The van der Waals surface area contributed by atoms with Crippen molar-refractivity contribution in [1.29, 1.82) is 0 Å². The van der Waals surface area contributed by atoms with E-state index in [0.717, 1.165) is 10.9 Å². The van der Waals surface area contributed by atoms with Crippen LogP contribution in [0.5, 0.6) is 5.75 Å². The van der Waals surface area contributed by atoms with Gasteiger partial charge in [-0.05, 0) is 0 Å². The summed E-state index contributed by atoms with van der Waals surface area (Å²) in [5.74, 6) is -5.02. The minimum Gasteiger partial charge on any atom is -0.435 e. The Morgan fingerprint density at radius 1 is 1.20 bits per heavy atom. The molecule has 0 saturated carbocycles. The number of fused-ring (bicyclic) bond motifs is 5. The van der Waals surface area contributed by atoms with Gasteiger partial charge in [-0.25, -0.2) is 18.5 Å². The third-order valence-corrected chi connectivity index (χ3v) is 8.95. The fourth-order valence-corrected chi connectivity index (χ4v) is 6.62. The Hall–Kier alpha value is -4.08. The van der Waals surface area contributed by atoms with Crippen molar-refractivity contribution in [2.24, 2.45) is 5.73 Å². The van der Waals surface area contributed by atoms with Crippen molar-refractivity contribution in [1.82, 2.24) is 35.5 Å². The fraction of sp³-hybridized carbons (Fsp3) is 0.250. The number of rotatable bonds is 2. The molecule has 11 N–H and O–H groups in total. The van der Waals surface area contributed by atoms with Crippen LogP contribution in [0, 0.1) is 5.82 Å². The summed E-state index contributed by atoms with van der Waals surface area (Å²) in [6, 6.07) is 0. The molecule has 0 spiro atoms. The predicted octanol–water partition coefficient (Wildman–Crippen LogP) is -0.355. The Kier molecular flexibility index (Phi) is 6.91. The van der Waals surface area contributed by atoms with E-state index in [1.54, 1.807) is 0 Å². The first-order valence-corrected chi connectivity index (χ1v) is 16.8. The van der Waals surface area contributed by atoms with Gasteiger partial charge in [0.2, 0.25) is 23.8 Å². The normalized spacial score (nSPS) is 27.3. The van der Waals surface area contributed by atoms with Gasteiger partial charge in [0, 0.05) is 0 Å². The second-order valence-electron chi connectivity index (χ2n) is 9.50. The van der Waals surface area contributed by atoms with Crippen LogP contribution >= 0.6 is 27.6 Å². The van der Waals surface area contributed by atoms with Crippen LogP contribution in [0.4, 0.5) is 20.6 Å². The van der Waals surface area contributed by atoms with Gasteiger partial charge in [0.15, 0.2) is 35.6 Å². The van der Waals surface area contributed by atoms with Crippen molar-refractivity contribution in [3.8, 4) is 5.75 Å². The smallest absolute Gasteiger partial charge is 0.435 e. The maximum absolute atomic E-state index is 15.8. The molecule has 3 aromatic rings. The molecular weight excluding hydrogens is 672 g/mol. The summed E-state index contributed by atoms with van der Waals surface area (Å²) in [6.45, 7) is -0.591. The number of nitrogens with two attached hydrogens (primary N) is 2. The van der Waals surface area contributed by atoms with Crippen LogP contribution in [0.1, 0.15) is 5.76 Å². The molecule has 3 atom stereocenters. The lowest BCUT2D eigenvalue weighted by atomic mass is 10.3. The molecule has 3 aromatic heterocycles. The van der Waals surface area contributed by atoms with Crippen LogP contribution in [0.2, 0.25) is 0 Å². The van der Waals surface area contributed by atoms with Crippen LogP contribution in [0.25, 0.3) is 17.0 Å². The van der Waals surface area contributed by atoms with Crippen molar-refractivity contribution >= 4 is 56.4 Å². The van der Waals surface area contributed by atoms with Gasteiger partial charge in [-0.2, -0.15) is 28.6 Å². The second kappa shape index (κ2) is 10.5. The summed E-state index contributed by atoms with van der Waals surface area (Å²) < 4.78 is 64.5. The van der Waals surface area contributed by atoms with Crippen LogP contribution in [-0.4, -0.2) is 59.9 Å². The molecule has 0 amide bonds. The molecule has 2 bridgehead atoms. The summed E-state index contributed by atoms with van der Waals surface area (Å²) in [5.41, 5.74) is 11.0. The van der Waals surface area contributed by atoms with Crippen molar-refractivity contribution in [2.75, 3.05) is 24.0 Å². The third kappa shape index (κ3) is 5.12. The maximum atomic E-state index is 15.8. The molecule has 20 nitrogen and oxygen atoms in total. The first-order chi connectivity index (χ1) is 21.3. The molecule has 25 heteroatoms. The lowest BCUT2D eigenvalue weighted by Gasteiger charge is -2.28. The highest BCUT2D eigenvalue weighted by Crippen LogP contribution is 2.66. The first kappa shape index (κ1) is 29.6. The van der Waals surface area contributed by atoms with Gasteiger partial charge in [0.25, 0.3) is 23.0 Å². The van der Waals surface area contributed by atoms with E-state index in [1.165, 1.54) is 4.90 Å². The van der Waals surface area contributed by atoms with E-state index in [4.69, 9.17) is 38.7 Å². The number of H-pyrrole nitrogens is 1. The highest BCUT2D eigenvalue weighted by molar-refractivity contribution is 8.47. The molecule has 0 radical (unpaired) electrons. The van der Waals surface area contributed by atoms with Crippen LogP contribution in [-0.2, 0) is 24.9 Å². The van der Waals surface area contributed by atoms with Gasteiger partial charge in [-0.15, -0.1) is 0 Å². The number of aromatic amines is 1. The monoisotopic (exact) mass is 694 g/mol. The topological polar surface area (TPSA) is 275 Å². The van der Waals surface area contributed by atoms with E-state index in [-0.39, 0.29) is 30.4 Å². The molecule has 4 aliphatic rings. The molecule has 1 fully saturated rings. The lowest BCUT2D eigenvalue weighted by Crippen LogP contribution is -2.51. The number of alkyl halides is 1. The summed E-state index contributed by atoms with van der Waals surface area (Å²) in [4.78, 5) is 55.9. The number of hydrogen-bond acceptors (Lipinski definition) is 19. The number of nitrogens with zero attached hydrogens (tertiary/aromatic N) is 4. The Balaban J connectivity index is 1.28. The summed E-state index contributed by atoms with van der Waals surface area (Å²) >= 11 is 4.01. The maximum Gasteiger partial charge on any atom is 0.663 e. The standard InChI is InChI=1S/C20H21F2N10O10P2S/c21-8-6-1-37-43(34,35)41-12-7(40-18(9(12)22)31-4-27-10-14(23)25-3-26-15(10)31)2-38-44(36,45)42-13(8)19(39-6)32-5-28-11-16(32)29-20(24)30-17(11)33/h1,5,8,15,25-27,34-36,45H,2-4,23H2,(H2-,24,29,30,33)/q+1/p+1/b6-1+/t8-,15?,44?/m1/s1. The van der Waals surface area contributed by atoms with Gasteiger partial charge in [-0.1, -0.05) is 0 Å². The number of hydrogen-bond donors (Lipinski definition) is 10. The highest BCUT2D eigenvalue weighted by Gasteiger charge is 2.52. The van der Waals surface area contributed by atoms with Gasteiger partial charge < -0.3 is 36.2 Å². The second-order valence-corrected chi connectivity index (χ2v) is 13.8. The average molecular weight is 694 g/mol. The summed E-state index contributed by atoms with van der Waals surface area (Å²) in [5, 5.41) is 8.93. The number of halogens is 2. The zero-order valence-electron chi connectivity index (χ0n) is 22.2. The molecule has 45 heavy (non-hydrogen) atoms. The van der Waals surface area contributed by atoms with E-state index < -0.39 is 80.4 Å². The zero-order chi connectivity index (χ0) is 31.8. The van der Waals surface area contributed by atoms with E-state index in [1.807, 2.05) is 0 Å². The quantitative estimate of drug-likeness (QED) is 0.121. The molecule has 7 heterocycles. The number of thiol groups is 1. The van der Waals surface area contributed by atoms with Crippen molar-refractivity contribution in [3.63, 3.8) is 0 Å². The van der Waals surface area contributed by atoms with Gasteiger partial charge >= 0.3 is 15.3 Å². The molecule has 0 aromatic carbocycles. The Bertz CT molecular complexity index is 1880. The lowest BCUT2D eigenvalue weighted by molar-refractivity contribution is 0.187. The molecule has 2 unspecified atom stereocenters. The summed E-state index contributed by atoms with van der Waals surface area (Å²) in [7, 11) is -9.41. The highest BCUT2D eigenvalue weighted by atomic mass is 32.7. The van der Waals surface area contributed by atoms with Gasteiger partial charge in [0.05, 0.1) is 19.0 Å².